The molecule has 0 aliphatic carbocycles. The van der Waals surface area contributed by atoms with Crippen LogP contribution in [0.15, 0.2) is 267 Å². The highest BCUT2D eigenvalue weighted by atomic mass is 15.2. The van der Waals surface area contributed by atoms with Crippen LogP contribution in [0.25, 0.3) is 44.5 Å². The zero-order valence-electron chi connectivity index (χ0n) is 36.8. The summed E-state index contributed by atoms with van der Waals surface area (Å²) in [7, 11) is 0. The second kappa shape index (κ2) is 18.3. The Morgan fingerprint density at radius 2 is 0.446 bits per heavy atom. The van der Waals surface area contributed by atoms with E-state index >= 15 is 0 Å². The SMILES string of the molecule is CC(C)(c1ccccc1)c1cc(N(c2ccc(-c3ccccc3)cc2)c2ccc(-c3ccccc3)cc2)cc(N(c2ccc(-c3ccccc3)cc2)c2ccc(-c3ccccc3)cc2)c1. The van der Waals surface area contributed by atoms with Crippen molar-refractivity contribution >= 4 is 34.1 Å². The molecule has 2 nitrogen and oxygen atoms in total. The summed E-state index contributed by atoms with van der Waals surface area (Å²) in [6.45, 7) is 4.68. The summed E-state index contributed by atoms with van der Waals surface area (Å²) in [6.07, 6.45) is 0. The fourth-order valence-electron chi connectivity index (χ4n) is 8.86. The molecule has 0 amide bonds. The Hall–Kier alpha value is -8.20. The van der Waals surface area contributed by atoms with Crippen LogP contribution in [0.4, 0.5) is 34.1 Å². The number of benzene rings is 10. The van der Waals surface area contributed by atoms with Crippen molar-refractivity contribution in [2.24, 2.45) is 0 Å². The molecule has 10 aromatic carbocycles. The lowest BCUT2D eigenvalue weighted by Crippen LogP contribution is -2.21. The van der Waals surface area contributed by atoms with Crippen LogP contribution in [-0.4, -0.2) is 0 Å². The van der Waals surface area contributed by atoms with Crippen LogP contribution in [0, 0.1) is 0 Å². The molecular weight excluding hydrogens is 785 g/mol. The van der Waals surface area contributed by atoms with Crippen LogP contribution in [0.2, 0.25) is 0 Å². The van der Waals surface area contributed by atoms with Gasteiger partial charge < -0.3 is 9.80 Å². The number of nitrogens with zero attached hydrogens (tertiary/aromatic N) is 2. The first-order chi connectivity index (χ1) is 32.0. The molecule has 0 saturated carbocycles. The molecule has 312 valence electrons. The van der Waals surface area contributed by atoms with Gasteiger partial charge in [-0.1, -0.05) is 214 Å². The largest absolute Gasteiger partial charge is 0.310 e. The lowest BCUT2D eigenvalue weighted by molar-refractivity contribution is 0.641. The predicted octanol–water partition coefficient (Wildman–Crippen LogP) is 17.6. The van der Waals surface area contributed by atoms with Crippen molar-refractivity contribution in [3.8, 4) is 44.5 Å². The maximum atomic E-state index is 2.41. The summed E-state index contributed by atoms with van der Waals surface area (Å²) in [5, 5.41) is 0. The Labute approximate surface area is 384 Å². The summed E-state index contributed by atoms with van der Waals surface area (Å²) < 4.78 is 0. The van der Waals surface area contributed by atoms with E-state index in [0.29, 0.717) is 0 Å². The molecule has 0 spiro atoms. The standard InChI is InChI=1S/C63H50N2/c1-63(2,55-26-16-7-17-27-55)56-44-61(64(57-36-28-51(29-37-57)47-18-8-3-9-19-47)58-38-30-52(31-39-58)48-20-10-4-11-21-48)46-62(45-56)65(59-40-32-53(33-41-59)49-22-12-5-13-23-49)60-42-34-54(35-43-60)50-24-14-6-15-25-50/h3-46H,1-2H3. The van der Waals surface area contributed by atoms with Crippen LogP contribution in [0.1, 0.15) is 25.0 Å². The lowest BCUT2D eigenvalue weighted by Gasteiger charge is -2.34. The van der Waals surface area contributed by atoms with Crippen molar-refractivity contribution in [3.63, 3.8) is 0 Å². The van der Waals surface area contributed by atoms with E-state index in [9.17, 15) is 0 Å². The predicted molar refractivity (Wildman–Crippen MR) is 276 cm³/mol. The summed E-state index contributed by atoms with van der Waals surface area (Å²) in [6, 6.07) is 96.4. The Morgan fingerprint density at radius 3 is 0.708 bits per heavy atom. The van der Waals surface area contributed by atoms with Crippen LogP contribution in [-0.2, 0) is 5.41 Å². The highest BCUT2D eigenvalue weighted by Crippen LogP contribution is 2.45. The monoisotopic (exact) mass is 834 g/mol. The van der Waals surface area contributed by atoms with Gasteiger partial charge in [-0.25, -0.2) is 0 Å². The highest BCUT2D eigenvalue weighted by molar-refractivity contribution is 5.86. The molecule has 10 aromatic rings. The third kappa shape index (κ3) is 8.76. The van der Waals surface area contributed by atoms with E-state index < -0.39 is 0 Å². The highest BCUT2D eigenvalue weighted by Gasteiger charge is 2.27. The van der Waals surface area contributed by atoms with Crippen molar-refractivity contribution in [1.82, 2.24) is 0 Å². The van der Waals surface area contributed by atoms with Gasteiger partial charge in [-0.2, -0.15) is 0 Å². The molecule has 65 heavy (non-hydrogen) atoms. The molecule has 0 aliphatic rings. The van der Waals surface area contributed by atoms with E-state index in [2.05, 4.69) is 291 Å². The van der Waals surface area contributed by atoms with Gasteiger partial charge in [-0.15, -0.1) is 0 Å². The first-order valence-corrected chi connectivity index (χ1v) is 22.4. The van der Waals surface area contributed by atoms with Gasteiger partial charge in [0.25, 0.3) is 0 Å². The number of hydrogen-bond donors (Lipinski definition) is 0. The van der Waals surface area contributed by atoms with Crippen LogP contribution in [0.3, 0.4) is 0 Å². The smallest absolute Gasteiger partial charge is 0.0485 e. The topological polar surface area (TPSA) is 6.48 Å². The van der Waals surface area contributed by atoms with Gasteiger partial charge in [0.15, 0.2) is 0 Å². The van der Waals surface area contributed by atoms with Crippen molar-refractivity contribution in [2.45, 2.75) is 19.3 Å². The van der Waals surface area contributed by atoms with Crippen LogP contribution < -0.4 is 9.80 Å². The first-order valence-electron chi connectivity index (χ1n) is 22.4. The lowest BCUT2D eigenvalue weighted by atomic mass is 9.77. The minimum absolute atomic E-state index is 0.341. The fourth-order valence-corrected chi connectivity index (χ4v) is 8.86. The Balaban J connectivity index is 1.18. The van der Waals surface area contributed by atoms with Crippen molar-refractivity contribution in [3.05, 3.63) is 278 Å². The Kier molecular flexibility index (Phi) is 11.5. The molecular formula is C63H50N2. The van der Waals surface area contributed by atoms with E-state index in [1.807, 2.05) is 0 Å². The number of anilines is 6. The Bertz CT molecular complexity index is 2740. The minimum Gasteiger partial charge on any atom is -0.310 e. The third-order valence-corrected chi connectivity index (χ3v) is 12.6. The van der Waals surface area contributed by atoms with E-state index in [-0.39, 0.29) is 5.41 Å². The molecule has 0 aliphatic heterocycles. The molecule has 0 unspecified atom stereocenters. The van der Waals surface area contributed by atoms with Crippen LogP contribution >= 0.6 is 0 Å². The van der Waals surface area contributed by atoms with Crippen molar-refractivity contribution in [1.29, 1.82) is 0 Å². The van der Waals surface area contributed by atoms with E-state index in [4.69, 9.17) is 0 Å². The van der Waals surface area contributed by atoms with Gasteiger partial charge in [-0.05, 0) is 122 Å². The third-order valence-electron chi connectivity index (χ3n) is 12.6. The Morgan fingerprint density at radius 1 is 0.215 bits per heavy atom. The van der Waals surface area contributed by atoms with Crippen molar-refractivity contribution < 1.29 is 0 Å². The molecule has 0 bridgehead atoms. The quantitative estimate of drug-likeness (QED) is 0.121. The maximum Gasteiger partial charge on any atom is 0.0485 e. The molecule has 0 fully saturated rings. The van der Waals surface area contributed by atoms with Gasteiger partial charge >= 0.3 is 0 Å². The summed E-state index contributed by atoms with van der Waals surface area (Å²) >= 11 is 0. The second-order valence-electron chi connectivity index (χ2n) is 17.1. The average Bonchev–Trinajstić information content (AvgIpc) is 3.39. The van der Waals surface area contributed by atoms with Gasteiger partial charge in [-0.3, -0.25) is 0 Å². The van der Waals surface area contributed by atoms with E-state index in [0.717, 1.165) is 34.1 Å². The summed E-state index contributed by atoms with van der Waals surface area (Å²) in [5.74, 6) is 0. The zero-order valence-corrected chi connectivity index (χ0v) is 36.8. The summed E-state index contributed by atoms with van der Waals surface area (Å²) in [4.78, 5) is 4.82. The molecule has 0 N–H and O–H groups in total. The summed E-state index contributed by atoms with van der Waals surface area (Å²) in [5.41, 5.74) is 18.0. The van der Waals surface area contributed by atoms with Crippen LogP contribution in [0.5, 0.6) is 0 Å². The number of hydrogen-bond acceptors (Lipinski definition) is 2. The van der Waals surface area contributed by atoms with Gasteiger partial charge in [0, 0.05) is 39.5 Å². The molecule has 10 rings (SSSR count). The molecule has 0 radical (unpaired) electrons. The maximum absolute atomic E-state index is 2.41. The second-order valence-corrected chi connectivity index (χ2v) is 17.1. The molecule has 0 saturated heterocycles. The fraction of sp³-hybridized carbons (Fsp3) is 0.0476. The molecule has 2 heteroatoms. The number of rotatable bonds is 12. The van der Waals surface area contributed by atoms with E-state index in [1.165, 1.54) is 55.6 Å². The zero-order chi connectivity index (χ0) is 44.0. The molecule has 0 atom stereocenters. The van der Waals surface area contributed by atoms with Gasteiger partial charge in [0.05, 0.1) is 0 Å². The molecule has 0 heterocycles. The average molecular weight is 835 g/mol. The molecule has 0 aromatic heterocycles. The normalized spacial score (nSPS) is 11.2. The van der Waals surface area contributed by atoms with E-state index in [1.54, 1.807) is 0 Å². The minimum atomic E-state index is -0.341. The van der Waals surface area contributed by atoms with Gasteiger partial charge in [0.1, 0.15) is 0 Å². The van der Waals surface area contributed by atoms with Crippen molar-refractivity contribution in [2.75, 3.05) is 9.80 Å². The first kappa shape index (κ1) is 40.8. The van der Waals surface area contributed by atoms with Gasteiger partial charge in [0.2, 0.25) is 0 Å².